The minimum atomic E-state index is -4.47. The van der Waals surface area contributed by atoms with Crippen LogP contribution in [0.4, 0.5) is 13.2 Å². The summed E-state index contributed by atoms with van der Waals surface area (Å²) in [5.74, 6) is -1.41. The predicted octanol–water partition coefficient (Wildman–Crippen LogP) is 6.16. The van der Waals surface area contributed by atoms with E-state index in [0.29, 0.717) is 52.0 Å². The molecule has 1 unspecified atom stereocenters. The van der Waals surface area contributed by atoms with Crippen molar-refractivity contribution >= 4 is 22.9 Å². The van der Waals surface area contributed by atoms with Crippen molar-refractivity contribution in [2.24, 2.45) is 5.92 Å². The van der Waals surface area contributed by atoms with E-state index < -0.39 is 17.7 Å². The van der Waals surface area contributed by atoms with Crippen LogP contribution in [0.1, 0.15) is 52.5 Å². The van der Waals surface area contributed by atoms with Gasteiger partial charge in [0.15, 0.2) is 0 Å². The van der Waals surface area contributed by atoms with Crippen molar-refractivity contribution in [2.75, 3.05) is 0 Å². The Morgan fingerprint density at radius 2 is 1.70 bits per heavy atom. The molecule has 0 saturated heterocycles. The van der Waals surface area contributed by atoms with Gasteiger partial charge >= 0.3 is 12.1 Å². The normalized spacial score (nSPS) is 12.1. The van der Waals surface area contributed by atoms with Gasteiger partial charge in [-0.05, 0) is 66.8 Å². The molecule has 1 amide bonds. The van der Waals surface area contributed by atoms with E-state index in [-0.39, 0.29) is 24.8 Å². The predicted molar refractivity (Wildman–Crippen MR) is 142 cm³/mol. The average Bonchev–Trinajstić information content (AvgIpc) is 2.93. The van der Waals surface area contributed by atoms with Gasteiger partial charge in [-0.3, -0.25) is 9.59 Å². The lowest BCUT2D eigenvalue weighted by Crippen LogP contribution is -2.22. The molecule has 0 aliphatic rings. The van der Waals surface area contributed by atoms with Crippen LogP contribution in [0, 0.1) is 17.2 Å². The minimum Gasteiger partial charge on any atom is -0.481 e. The number of carboxylic acid groups (broad SMARTS) is 1. The third kappa shape index (κ3) is 6.99. The number of hydrogen-bond donors (Lipinski definition) is 2. The van der Waals surface area contributed by atoms with Gasteiger partial charge in [-0.2, -0.15) is 18.4 Å². The number of aliphatic carboxylic acids is 1. The molecule has 0 radical (unpaired) electrons. The zero-order valence-corrected chi connectivity index (χ0v) is 21.5. The van der Waals surface area contributed by atoms with Crippen LogP contribution in [0.25, 0.3) is 22.3 Å². The van der Waals surface area contributed by atoms with Crippen molar-refractivity contribution in [1.82, 2.24) is 15.3 Å². The summed E-state index contributed by atoms with van der Waals surface area (Å²) >= 11 is 0. The van der Waals surface area contributed by atoms with Crippen molar-refractivity contribution in [3.63, 3.8) is 0 Å². The van der Waals surface area contributed by atoms with E-state index in [9.17, 15) is 22.8 Å². The number of carboxylic acids is 1. The maximum atomic E-state index is 13.1. The Morgan fingerprint density at radius 3 is 2.33 bits per heavy atom. The van der Waals surface area contributed by atoms with E-state index in [1.807, 2.05) is 6.07 Å². The van der Waals surface area contributed by atoms with Gasteiger partial charge in [0.25, 0.3) is 5.91 Å². The summed E-state index contributed by atoms with van der Waals surface area (Å²) < 4.78 is 39.3. The molecular weight excluding hydrogens is 521 g/mol. The highest BCUT2D eigenvalue weighted by Gasteiger charge is 2.30. The first kappa shape index (κ1) is 28.2. The summed E-state index contributed by atoms with van der Waals surface area (Å²) in [7, 11) is 0. The maximum Gasteiger partial charge on any atom is 0.416 e. The molecule has 1 heterocycles. The van der Waals surface area contributed by atoms with Crippen molar-refractivity contribution < 1.29 is 27.9 Å². The second-order valence-electron chi connectivity index (χ2n) is 9.53. The lowest BCUT2D eigenvalue weighted by molar-refractivity contribution is -0.138. The van der Waals surface area contributed by atoms with Gasteiger partial charge in [0.05, 0.1) is 39.6 Å². The maximum absolute atomic E-state index is 13.1. The van der Waals surface area contributed by atoms with E-state index >= 15 is 0 Å². The summed E-state index contributed by atoms with van der Waals surface area (Å²) in [5, 5.41) is 20.8. The highest BCUT2D eigenvalue weighted by Crippen LogP contribution is 2.32. The number of nitriles is 1. The monoisotopic (exact) mass is 546 g/mol. The molecule has 0 aliphatic heterocycles. The molecule has 204 valence electrons. The number of aromatic nitrogens is 2. The molecule has 3 aromatic carbocycles. The number of aryl methyl sites for hydroxylation is 1. The third-order valence-electron chi connectivity index (χ3n) is 6.42. The molecular formula is C30H25F3N4O3. The summed E-state index contributed by atoms with van der Waals surface area (Å²) in [5.41, 5.74) is 3.16. The molecule has 7 nitrogen and oxygen atoms in total. The van der Waals surface area contributed by atoms with E-state index in [1.54, 1.807) is 49.4 Å². The third-order valence-corrected chi connectivity index (χ3v) is 6.42. The highest BCUT2D eigenvalue weighted by atomic mass is 19.4. The number of fused-ring (bicyclic) bond motifs is 1. The quantitative estimate of drug-likeness (QED) is 0.260. The Labute approximate surface area is 228 Å². The fourth-order valence-electron chi connectivity index (χ4n) is 4.22. The van der Waals surface area contributed by atoms with Crippen LogP contribution in [0.15, 0.2) is 66.7 Å². The van der Waals surface area contributed by atoms with Crippen molar-refractivity contribution in [2.45, 2.75) is 38.9 Å². The Kier molecular flexibility index (Phi) is 8.43. The molecule has 1 atom stereocenters. The molecule has 0 aliphatic carbocycles. The number of benzene rings is 3. The number of hydrogen-bond acceptors (Lipinski definition) is 5. The molecule has 40 heavy (non-hydrogen) atoms. The van der Waals surface area contributed by atoms with Crippen LogP contribution >= 0.6 is 0 Å². The van der Waals surface area contributed by atoms with E-state index in [4.69, 9.17) is 15.4 Å². The largest absolute Gasteiger partial charge is 0.481 e. The number of amides is 1. The van der Waals surface area contributed by atoms with Gasteiger partial charge in [0, 0.05) is 24.1 Å². The van der Waals surface area contributed by atoms with Crippen LogP contribution < -0.4 is 5.32 Å². The standard InChI is InChI=1S/C30H25F3N4O3/c1-18(14-27(38)39)2-12-25-28(21-7-10-23(11-8-21)30(31,32)33)37-24-13-9-22(15-26(24)36-25)29(40)35-17-20-5-3-19(16-34)4-6-20/h3-11,13,15,18H,2,12,14,17H2,1H3,(H,35,40)(H,38,39). The minimum absolute atomic E-state index is 0.0276. The summed E-state index contributed by atoms with van der Waals surface area (Å²) in [4.78, 5) is 33.3. The number of nitrogens with one attached hydrogen (secondary N) is 1. The lowest BCUT2D eigenvalue weighted by atomic mass is 9.97. The first-order valence-electron chi connectivity index (χ1n) is 12.5. The Balaban J connectivity index is 1.63. The molecule has 10 heteroatoms. The first-order chi connectivity index (χ1) is 19.0. The SMILES string of the molecule is CC(CCc1nc2cc(C(=O)NCc3ccc(C#N)cc3)ccc2nc1-c1ccc(C(F)(F)F)cc1)CC(=O)O. The van der Waals surface area contributed by atoms with Crippen LogP contribution in [-0.2, 0) is 23.9 Å². The molecule has 0 bridgehead atoms. The molecule has 4 aromatic rings. The van der Waals surface area contributed by atoms with Crippen LogP contribution in [-0.4, -0.2) is 27.0 Å². The van der Waals surface area contributed by atoms with Crippen LogP contribution in [0.5, 0.6) is 0 Å². The zero-order valence-electron chi connectivity index (χ0n) is 21.5. The number of carbonyl (C=O) groups excluding carboxylic acids is 1. The number of halogens is 3. The number of alkyl halides is 3. The Hall–Kier alpha value is -4.78. The lowest BCUT2D eigenvalue weighted by Gasteiger charge is -2.14. The zero-order chi connectivity index (χ0) is 28.9. The number of rotatable bonds is 9. The van der Waals surface area contributed by atoms with E-state index in [2.05, 4.69) is 10.3 Å². The van der Waals surface area contributed by atoms with Crippen molar-refractivity contribution in [3.8, 4) is 17.3 Å². The molecule has 0 spiro atoms. The second-order valence-corrected chi connectivity index (χ2v) is 9.53. The van der Waals surface area contributed by atoms with E-state index in [1.165, 1.54) is 12.1 Å². The van der Waals surface area contributed by atoms with Crippen LogP contribution in [0.2, 0.25) is 0 Å². The Morgan fingerprint density at radius 1 is 1.00 bits per heavy atom. The number of nitrogens with zero attached hydrogens (tertiary/aromatic N) is 3. The molecule has 0 saturated carbocycles. The second kappa shape index (κ2) is 11.9. The van der Waals surface area contributed by atoms with Crippen molar-refractivity contribution in [3.05, 3.63) is 94.7 Å². The van der Waals surface area contributed by atoms with Gasteiger partial charge in [-0.15, -0.1) is 0 Å². The fourth-order valence-corrected chi connectivity index (χ4v) is 4.22. The first-order valence-corrected chi connectivity index (χ1v) is 12.5. The Bertz CT molecular complexity index is 1580. The van der Waals surface area contributed by atoms with Crippen molar-refractivity contribution in [1.29, 1.82) is 5.26 Å². The number of carbonyl (C=O) groups is 2. The molecule has 1 aromatic heterocycles. The topological polar surface area (TPSA) is 116 Å². The smallest absolute Gasteiger partial charge is 0.416 e. The average molecular weight is 547 g/mol. The fraction of sp³-hybridized carbons (Fsp3) is 0.233. The van der Waals surface area contributed by atoms with Gasteiger partial charge in [-0.1, -0.05) is 31.2 Å². The summed E-state index contributed by atoms with van der Waals surface area (Å²) in [6.45, 7) is 2.06. The van der Waals surface area contributed by atoms with Crippen LogP contribution in [0.3, 0.4) is 0 Å². The molecule has 0 fully saturated rings. The highest BCUT2D eigenvalue weighted by molar-refractivity contribution is 5.97. The summed E-state index contributed by atoms with van der Waals surface area (Å²) in [6, 6.07) is 18.4. The molecule has 2 N–H and O–H groups in total. The van der Waals surface area contributed by atoms with Gasteiger partial charge < -0.3 is 10.4 Å². The van der Waals surface area contributed by atoms with Gasteiger partial charge in [0.1, 0.15) is 0 Å². The molecule has 4 rings (SSSR count). The van der Waals surface area contributed by atoms with Gasteiger partial charge in [0.2, 0.25) is 0 Å². The van der Waals surface area contributed by atoms with Gasteiger partial charge in [-0.25, -0.2) is 9.97 Å². The summed E-state index contributed by atoms with van der Waals surface area (Å²) in [6.07, 6.45) is -3.67. The van der Waals surface area contributed by atoms with E-state index in [0.717, 1.165) is 17.7 Å².